The van der Waals surface area contributed by atoms with E-state index in [1.54, 1.807) is 43.7 Å². The molecule has 1 fully saturated rings. The summed E-state index contributed by atoms with van der Waals surface area (Å²) in [4.78, 5) is 31.1. The van der Waals surface area contributed by atoms with E-state index in [1.165, 1.54) is 19.3 Å². The molecule has 5 rings (SSSR count). The summed E-state index contributed by atoms with van der Waals surface area (Å²) in [5.41, 5.74) is 10.3. The Labute approximate surface area is 232 Å². The Morgan fingerprint density at radius 1 is 1.12 bits per heavy atom. The SMILES string of the molecule is CCOC(=O)[C@H](Cc1ccc(/C(N)=N/N)cc1)NC(=O)c1ccc2c(c1)nc(-c1ccoc1)n2C1CCCCC1. The Morgan fingerprint density at radius 2 is 1.88 bits per heavy atom. The zero-order chi connectivity index (χ0) is 28.1. The lowest BCUT2D eigenvalue weighted by molar-refractivity contribution is -0.145. The second-order valence-electron chi connectivity index (χ2n) is 10.0. The van der Waals surface area contributed by atoms with Gasteiger partial charge < -0.3 is 30.6 Å². The van der Waals surface area contributed by atoms with Crippen molar-refractivity contribution in [3.8, 4) is 11.4 Å². The molecule has 208 valence electrons. The molecule has 0 radical (unpaired) electrons. The van der Waals surface area contributed by atoms with Gasteiger partial charge >= 0.3 is 5.97 Å². The maximum Gasteiger partial charge on any atom is 0.328 e. The number of nitrogens with two attached hydrogens (primary N) is 2. The number of hydrogen-bond donors (Lipinski definition) is 3. The van der Waals surface area contributed by atoms with E-state index < -0.39 is 12.0 Å². The number of benzene rings is 2. The van der Waals surface area contributed by atoms with Gasteiger partial charge in [-0.1, -0.05) is 43.5 Å². The first-order valence-electron chi connectivity index (χ1n) is 13.6. The molecule has 1 aliphatic carbocycles. The molecular formula is C30H34N6O4. The molecular weight excluding hydrogens is 508 g/mol. The fourth-order valence-electron chi connectivity index (χ4n) is 5.34. The van der Waals surface area contributed by atoms with Crippen LogP contribution in [0.15, 0.2) is 70.6 Å². The van der Waals surface area contributed by atoms with Gasteiger partial charge in [0.25, 0.3) is 5.91 Å². The Balaban J connectivity index is 1.41. The largest absolute Gasteiger partial charge is 0.472 e. The topological polar surface area (TPSA) is 151 Å². The van der Waals surface area contributed by atoms with Crippen LogP contribution in [0.1, 0.15) is 66.6 Å². The number of hydrogen-bond acceptors (Lipinski definition) is 7. The van der Waals surface area contributed by atoms with Gasteiger partial charge in [0.15, 0.2) is 0 Å². The van der Waals surface area contributed by atoms with E-state index in [0.29, 0.717) is 17.2 Å². The molecule has 1 saturated carbocycles. The van der Waals surface area contributed by atoms with Crippen LogP contribution in [0.25, 0.3) is 22.4 Å². The molecule has 1 aliphatic rings. The first kappa shape index (κ1) is 27.0. The zero-order valence-electron chi connectivity index (χ0n) is 22.5. The summed E-state index contributed by atoms with van der Waals surface area (Å²) >= 11 is 0. The maximum absolute atomic E-state index is 13.4. The Kier molecular flexibility index (Phi) is 8.14. The average Bonchev–Trinajstić information content (AvgIpc) is 3.65. The van der Waals surface area contributed by atoms with Crippen LogP contribution in [-0.2, 0) is 16.0 Å². The van der Waals surface area contributed by atoms with Crippen molar-refractivity contribution in [3.05, 3.63) is 77.7 Å². The third kappa shape index (κ3) is 5.70. The zero-order valence-corrected chi connectivity index (χ0v) is 22.5. The quantitative estimate of drug-likeness (QED) is 0.0938. The normalized spacial score (nSPS) is 15.2. The number of imidazole rings is 1. The van der Waals surface area contributed by atoms with E-state index in [1.807, 2.05) is 24.3 Å². The average molecular weight is 543 g/mol. The summed E-state index contributed by atoms with van der Waals surface area (Å²) in [6.07, 6.45) is 9.37. The predicted molar refractivity (Wildman–Crippen MR) is 153 cm³/mol. The summed E-state index contributed by atoms with van der Waals surface area (Å²) in [5.74, 6) is 5.41. The molecule has 0 unspecified atom stereocenters. The van der Waals surface area contributed by atoms with Crippen molar-refractivity contribution < 1.29 is 18.7 Å². The maximum atomic E-state index is 13.4. The van der Waals surface area contributed by atoms with Crippen molar-refractivity contribution in [3.63, 3.8) is 0 Å². The molecule has 0 bridgehead atoms. The number of furan rings is 1. The highest BCUT2D eigenvalue weighted by Crippen LogP contribution is 2.36. The number of amides is 1. The second-order valence-corrected chi connectivity index (χ2v) is 10.0. The number of nitrogens with one attached hydrogen (secondary N) is 1. The van der Waals surface area contributed by atoms with Gasteiger partial charge in [-0.2, -0.15) is 5.10 Å². The molecule has 2 aromatic heterocycles. The van der Waals surface area contributed by atoms with E-state index in [9.17, 15) is 9.59 Å². The first-order valence-corrected chi connectivity index (χ1v) is 13.6. The highest BCUT2D eigenvalue weighted by atomic mass is 16.5. The summed E-state index contributed by atoms with van der Waals surface area (Å²) in [7, 11) is 0. The minimum atomic E-state index is -0.879. The predicted octanol–water partition coefficient (Wildman–Crippen LogP) is 4.28. The fraction of sp³-hybridized carbons (Fsp3) is 0.333. The third-order valence-electron chi connectivity index (χ3n) is 7.38. The molecule has 10 heteroatoms. The van der Waals surface area contributed by atoms with E-state index in [2.05, 4.69) is 15.0 Å². The summed E-state index contributed by atoms with van der Waals surface area (Å²) in [5, 5.41) is 6.36. The lowest BCUT2D eigenvalue weighted by Crippen LogP contribution is -2.43. The molecule has 10 nitrogen and oxygen atoms in total. The van der Waals surface area contributed by atoms with Crippen LogP contribution in [0.4, 0.5) is 0 Å². The first-order chi connectivity index (χ1) is 19.5. The van der Waals surface area contributed by atoms with Crippen molar-refractivity contribution >= 4 is 28.7 Å². The lowest BCUT2D eigenvalue weighted by atomic mass is 9.95. The monoisotopic (exact) mass is 542 g/mol. The number of esters is 1. The number of aromatic nitrogens is 2. The Morgan fingerprint density at radius 3 is 2.55 bits per heavy atom. The van der Waals surface area contributed by atoms with E-state index in [0.717, 1.165) is 40.8 Å². The number of nitrogens with zero attached hydrogens (tertiary/aromatic N) is 3. The molecule has 2 aromatic carbocycles. The van der Waals surface area contributed by atoms with Crippen molar-refractivity contribution in [1.29, 1.82) is 0 Å². The molecule has 0 aliphatic heterocycles. The summed E-state index contributed by atoms with van der Waals surface area (Å²) < 4.78 is 12.9. The molecule has 40 heavy (non-hydrogen) atoms. The molecule has 0 saturated heterocycles. The number of fused-ring (bicyclic) bond motifs is 1. The number of hydrazone groups is 1. The number of amidine groups is 1. The third-order valence-corrected chi connectivity index (χ3v) is 7.38. The van der Waals surface area contributed by atoms with Gasteiger partial charge in [-0.05, 0) is 49.6 Å². The molecule has 2 heterocycles. The minimum absolute atomic E-state index is 0.203. The molecule has 1 atom stereocenters. The molecule has 0 spiro atoms. The van der Waals surface area contributed by atoms with Crippen LogP contribution < -0.4 is 16.9 Å². The van der Waals surface area contributed by atoms with Gasteiger partial charge in [-0.3, -0.25) is 4.79 Å². The van der Waals surface area contributed by atoms with Gasteiger partial charge in [0.2, 0.25) is 0 Å². The van der Waals surface area contributed by atoms with Crippen LogP contribution in [-0.4, -0.2) is 39.9 Å². The van der Waals surface area contributed by atoms with Gasteiger partial charge in [0.1, 0.15) is 24.0 Å². The van der Waals surface area contributed by atoms with E-state index >= 15 is 0 Å². The summed E-state index contributed by atoms with van der Waals surface area (Å²) in [6, 6.07) is 14.0. The van der Waals surface area contributed by atoms with Gasteiger partial charge in [-0.15, -0.1) is 0 Å². The Bertz CT molecular complexity index is 1500. The standard InChI is InChI=1S/C30H34N6O4/c1-2-40-30(38)25(16-19-8-10-20(11-9-19)27(31)35-32)34-29(37)21-12-13-26-24(17-21)33-28(22-14-15-39-18-22)36(26)23-6-4-3-5-7-23/h8-15,17-18,23,25H,2-7,16,32H2,1H3,(H2,31,35)(H,34,37)/t25-/m0/s1. The smallest absolute Gasteiger partial charge is 0.328 e. The summed E-state index contributed by atoms with van der Waals surface area (Å²) in [6.45, 7) is 1.93. The number of rotatable bonds is 9. The second kappa shape index (κ2) is 12.1. The molecule has 4 aromatic rings. The van der Waals surface area contributed by atoms with Crippen LogP contribution in [0.2, 0.25) is 0 Å². The number of ether oxygens (including phenoxy) is 1. The van der Waals surface area contributed by atoms with Crippen LogP contribution in [0, 0.1) is 0 Å². The van der Waals surface area contributed by atoms with Crippen LogP contribution in [0.5, 0.6) is 0 Å². The van der Waals surface area contributed by atoms with E-state index in [4.69, 9.17) is 25.7 Å². The fourth-order valence-corrected chi connectivity index (χ4v) is 5.34. The van der Waals surface area contributed by atoms with Crippen molar-refractivity contribution in [2.75, 3.05) is 6.61 Å². The van der Waals surface area contributed by atoms with Gasteiger partial charge in [0, 0.05) is 23.6 Å². The molecule has 1 amide bonds. The van der Waals surface area contributed by atoms with Crippen molar-refractivity contribution in [2.24, 2.45) is 16.7 Å². The number of carbonyl (C=O) groups is 2. The highest BCUT2D eigenvalue weighted by molar-refractivity contribution is 6.00. The highest BCUT2D eigenvalue weighted by Gasteiger charge is 2.26. The van der Waals surface area contributed by atoms with Gasteiger partial charge in [0.05, 0.1) is 29.5 Å². The Hall–Kier alpha value is -4.60. The van der Waals surface area contributed by atoms with Gasteiger partial charge in [-0.25, -0.2) is 9.78 Å². The van der Waals surface area contributed by atoms with Crippen molar-refractivity contribution in [2.45, 2.75) is 57.5 Å². The molecule has 5 N–H and O–H groups in total. The lowest BCUT2D eigenvalue weighted by Gasteiger charge is -2.25. The minimum Gasteiger partial charge on any atom is -0.472 e. The van der Waals surface area contributed by atoms with Crippen LogP contribution >= 0.6 is 0 Å². The van der Waals surface area contributed by atoms with Crippen molar-refractivity contribution in [1.82, 2.24) is 14.9 Å². The number of carbonyl (C=O) groups excluding carboxylic acids is 2. The van der Waals surface area contributed by atoms with E-state index in [-0.39, 0.29) is 24.8 Å². The van der Waals surface area contributed by atoms with Crippen LogP contribution in [0.3, 0.4) is 0 Å².